The standard InChI is InChI=1S/C8H11N5O4/c9-6(14)2-1-4(8(16)17)11-7(15)5-3-10-13-12-5/h3-4H,1-2H2,(H2,9,14)(H,11,15)(H,16,17)(H,10,12,13)/t4-/m0/s1. The Kier molecular flexibility index (Phi) is 4.14. The van der Waals surface area contributed by atoms with Crippen LogP contribution in [0.2, 0.25) is 0 Å². The predicted octanol–water partition coefficient (Wildman–Crippen LogP) is -1.75. The van der Waals surface area contributed by atoms with Crippen LogP contribution in [0.3, 0.4) is 0 Å². The largest absolute Gasteiger partial charge is 0.480 e. The van der Waals surface area contributed by atoms with E-state index in [0.717, 1.165) is 6.20 Å². The Labute approximate surface area is 95.4 Å². The fourth-order valence-corrected chi connectivity index (χ4v) is 1.09. The number of aliphatic carboxylic acids is 1. The minimum Gasteiger partial charge on any atom is -0.480 e. The van der Waals surface area contributed by atoms with Gasteiger partial charge in [-0.05, 0) is 6.42 Å². The van der Waals surface area contributed by atoms with Crippen LogP contribution in [0.5, 0.6) is 0 Å². The van der Waals surface area contributed by atoms with Crippen LogP contribution in [-0.2, 0) is 9.59 Å². The lowest BCUT2D eigenvalue weighted by molar-refractivity contribution is -0.139. The quantitative estimate of drug-likeness (QED) is 0.463. The molecule has 0 saturated heterocycles. The van der Waals surface area contributed by atoms with Crippen LogP contribution in [0.25, 0.3) is 0 Å². The SMILES string of the molecule is NC(=O)CC[C@H](NC(=O)c1cn[nH]n1)C(=O)O. The molecular formula is C8H11N5O4. The van der Waals surface area contributed by atoms with Crippen molar-refractivity contribution < 1.29 is 19.5 Å². The topological polar surface area (TPSA) is 151 Å². The molecule has 1 aromatic rings. The lowest BCUT2D eigenvalue weighted by atomic mass is 10.1. The van der Waals surface area contributed by atoms with Gasteiger partial charge in [0.25, 0.3) is 5.91 Å². The van der Waals surface area contributed by atoms with Crippen LogP contribution in [0, 0.1) is 0 Å². The summed E-state index contributed by atoms with van der Waals surface area (Å²) in [4.78, 5) is 32.8. The molecule has 0 bridgehead atoms. The van der Waals surface area contributed by atoms with Crippen molar-refractivity contribution in [3.05, 3.63) is 11.9 Å². The van der Waals surface area contributed by atoms with Gasteiger partial charge in [-0.25, -0.2) is 4.79 Å². The van der Waals surface area contributed by atoms with Crippen LogP contribution >= 0.6 is 0 Å². The maximum atomic E-state index is 11.5. The van der Waals surface area contributed by atoms with E-state index in [-0.39, 0.29) is 18.5 Å². The predicted molar refractivity (Wildman–Crippen MR) is 53.7 cm³/mol. The highest BCUT2D eigenvalue weighted by molar-refractivity contribution is 5.94. The van der Waals surface area contributed by atoms with Crippen LogP contribution in [0.1, 0.15) is 23.3 Å². The van der Waals surface area contributed by atoms with Gasteiger partial charge in [-0.3, -0.25) is 9.59 Å². The fourth-order valence-electron chi connectivity index (χ4n) is 1.09. The second-order valence-corrected chi connectivity index (χ2v) is 3.22. The number of rotatable bonds is 6. The summed E-state index contributed by atoms with van der Waals surface area (Å²) in [6.45, 7) is 0. The summed E-state index contributed by atoms with van der Waals surface area (Å²) in [6.07, 6.45) is 0.951. The molecule has 0 unspecified atom stereocenters. The molecule has 9 nitrogen and oxygen atoms in total. The van der Waals surface area contributed by atoms with E-state index in [1.807, 2.05) is 0 Å². The molecule has 92 valence electrons. The smallest absolute Gasteiger partial charge is 0.326 e. The van der Waals surface area contributed by atoms with Gasteiger partial charge in [0.2, 0.25) is 5.91 Å². The maximum Gasteiger partial charge on any atom is 0.326 e. The lowest BCUT2D eigenvalue weighted by Gasteiger charge is -2.12. The van der Waals surface area contributed by atoms with Gasteiger partial charge in [-0.15, -0.1) is 0 Å². The molecule has 0 saturated carbocycles. The van der Waals surface area contributed by atoms with Gasteiger partial charge < -0.3 is 16.2 Å². The highest BCUT2D eigenvalue weighted by Gasteiger charge is 2.22. The Bertz CT molecular complexity index is 416. The average molecular weight is 241 g/mol. The zero-order valence-corrected chi connectivity index (χ0v) is 8.71. The first-order valence-electron chi connectivity index (χ1n) is 4.68. The van der Waals surface area contributed by atoms with Gasteiger partial charge in [-0.2, -0.15) is 15.4 Å². The Hall–Kier alpha value is -2.45. The van der Waals surface area contributed by atoms with Gasteiger partial charge in [0, 0.05) is 6.42 Å². The Morgan fingerprint density at radius 1 is 1.53 bits per heavy atom. The molecule has 9 heteroatoms. The summed E-state index contributed by atoms with van der Waals surface area (Å²) in [5, 5.41) is 20.2. The first-order chi connectivity index (χ1) is 8.00. The van der Waals surface area contributed by atoms with Crippen molar-refractivity contribution in [3.63, 3.8) is 0 Å². The van der Waals surface area contributed by atoms with Gasteiger partial charge in [0.15, 0.2) is 5.69 Å². The molecule has 0 aliphatic carbocycles. The van der Waals surface area contributed by atoms with Crippen LogP contribution < -0.4 is 11.1 Å². The van der Waals surface area contributed by atoms with E-state index < -0.39 is 23.8 Å². The van der Waals surface area contributed by atoms with Crippen molar-refractivity contribution in [3.8, 4) is 0 Å². The Morgan fingerprint density at radius 3 is 2.71 bits per heavy atom. The molecule has 1 rings (SSSR count). The molecule has 0 aromatic carbocycles. The van der Waals surface area contributed by atoms with E-state index >= 15 is 0 Å². The van der Waals surface area contributed by atoms with Gasteiger partial charge in [0.05, 0.1) is 6.20 Å². The van der Waals surface area contributed by atoms with Crippen LogP contribution in [-0.4, -0.2) is 44.3 Å². The summed E-state index contributed by atoms with van der Waals surface area (Å²) in [6, 6.07) is -1.19. The Morgan fingerprint density at radius 2 is 2.24 bits per heavy atom. The number of carbonyl (C=O) groups excluding carboxylic acids is 2. The number of primary amides is 1. The third-order valence-corrected chi connectivity index (χ3v) is 1.93. The van der Waals surface area contributed by atoms with Gasteiger partial charge in [0.1, 0.15) is 6.04 Å². The number of nitrogens with two attached hydrogens (primary N) is 1. The number of nitrogens with one attached hydrogen (secondary N) is 2. The number of nitrogens with zero attached hydrogens (tertiary/aromatic N) is 2. The molecule has 1 heterocycles. The number of hydrogen-bond donors (Lipinski definition) is 4. The monoisotopic (exact) mass is 241 g/mol. The molecule has 2 amide bonds. The molecule has 0 radical (unpaired) electrons. The molecule has 17 heavy (non-hydrogen) atoms. The number of carboxylic acids is 1. The van der Waals surface area contributed by atoms with Crippen molar-refractivity contribution in [1.82, 2.24) is 20.7 Å². The summed E-state index contributed by atoms with van der Waals surface area (Å²) in [7, 11) is 0. The number of H-pyrrole nitrogens is 1. The van der Waals surface area contributed by atoms with Crippen LogP contribution in [0.4, 0.5) is 0 Å². The molecule has 0 aliphatic heterocycles. The van der Waals surface area contributed by atoms with E-state index in [2.05, 4.69) is 20.7 Å². The van der Waals surface area contributed by atoms with Crippen molar-refractivity contribution >= 4 is 17.8 Å². The molecule has 0 aliphatic rings. The first-order valence-corrected chi connectivity index (χ1v) is 4.68. The lowest BCUT2D eigenvalue weighted by Crippen LogP contribution is -2.41. The van der Waals surface area contributed by atoms with Crippen molar-refractivity contribution in [1.29, 1.82) is 0 Å². The summed E-state index contributed by atoms with van der Waals surface area (Å²) >= 11 is 0. The van der Waals surface area contributed by atoms with E-state index in [9.17, 15) is 14.4 Å². The van der Waals surface area contributed by atoms with Crippen LogP contribution in [0.15, 0.2) is 6.20 Å². The molecule has 1 aromatic heterocycles. The van der Waals surface area contributed by atoms with E-state index in [1.165, 1.54) is 0 Å². The minimum atomic E-state index is -1.25. The number of carbonyl (C=O) groups is 3. The van der Waals surface area contributed by atoms with Gasteiger partial charge in [-0.1, -0.05) is 0 Å². The molecule has 0 fully saturated rings. The van der Waals surface area contributed by atoms with Crippen molar-refractivity contribution in [2.24, 2.45) is 5.73 Å². The number of aromatic amines is 1. The number of amides is 2. The highest BCUT2D eigenvalue weighted by Crippen LogP contribution is 1.99. The van der Waals surface area contributed by atoms with E-state index in [0.29, 0.717) is 0 Å². The highest BCUT2D eigenvalue weighted by atomic mass is 16.4. The Balaban J connectivity index is 2.58. The van der Waals surface area contributed by atoms with Crippen molar-refractivity contribution in [2.75, 3.05) is 0 Å². The summed E-state index contributed by atoms with van der Waals surface area (Å²) < 4.78 is 0. The zero-order valence-electron chi connectivity index (χ0n) is 8.71. The molecule has 1 atom stereocenters. The number of carboxylic acid groups (broad SMARTS) is 1. The third kappa shape index (κ3) is 3.89. The normalized spacial score (nSPS) is 11.8. The zero-order chi connectivity index (χ0) is 12.8. The number of hydrogen-bond acceptors (Lipinski definition) is 5. The fraction of sp³-hybridized carbons (Fsp3) is 0.375. The maximum absolute atomic E-state index is 11.5. The van der Waals surface area contributed by atoms with Gasteiger partial charge >= 0.3 is 5.97 Å². The minimum absolute atomic E-state index is 0.0321. The summed E-state index contributed by atoms with van der Waals surface area (Å²) in [5.74, 6) is -2.56. The first kappa shape index (κ1) is 12.6. The van der Waals surface area contributed by atoms with E-state index in [1.54, 1.807) is 0 Å². The summed E-state index contributed by atoms with van der Waals surface area (Å²) in [5.41, 5.74) is 4.86. The molecule has 5 N–H and O–H groups in total. The van der Waals surface area contributed by atoms with E-state index in [4.69, 9.17) is 10.8 Å². The second-order valence-electron chi connectivity index (χ2n) is 3.22. The number of aromatic nitrogens is 3. The van der Waals surface area contributed by atoms with Crippen molar-refractivity contribution in [2.45, 2.75) is 18.9 Å². The third-order valence-electron chi connectivity index (χ3n) is 1.93. The average Bonchev–Trinajstić information content (AvgIpc) is 2.76. The molecular weight excluding hydrogens is 230 g/mol. The molecule has 0 spiro atoms. The second kappa shape index (κ2) is 5.58.